The van der Waals surface area contributed by atoms with Crippen molar-refractivity contribution >= 4 is 19.8 Å². The molecule has 2 atom stereocenters. The number of phosphoric ester groups is 1. The van der Waals surface area contributed by atoms with Crippen molar-refractivity contribution in [3.63, 3.8) is 0 Å². The number of unbranched alkanes of at least 4 members (excludes halogenated alkanes) is 31. The van der Waals surface area contributed by atoms with Crippen molar-refractivity contribution in [1.82, 2.24) is 0 Å². The lowest BCUT2D eigenvalue weighted by Gasteiger charge is -2.19. The smallest absolute Gasteiger partial charge is 0.462 e. The Bertz CT molecular complexity index is 948. The molecule has 0 rings (SSSR count). The number of phosphoric acid groups is 1. The van der Waals surface area contributed by atoms with E-state index in [0.717, 1.165) is 32.1 Å². The highest BCUT2D eigenvalue weighted by molar-refractivity contribution is 7.47. The summed E-state index contributed by atoms with van der Waals surface area (Å²) in [6.07, 6.45) is 46.9. The molecule has 0 heterocycles. The van der Waals surface area contributed by atoms with Crippen LogP contribution in [-0.4, -0.2) is 49.3 Å². The molecule has 0 radical (unpaired) electrons. The molecule has 10 heteroatoms. The molecule has 0 aromatic heterocycles. The lowest BCUT2D eigenvalue weighted by Crippen LogP contribution is -2.29. The van der Waals surface area contributed by atoms with Crippen molar-refractivity contribution in [2.45, 2.75) is 251 Å². The summed E-state index contributed by atoms with van der Waals surface area (Å²) < 4.78 is 32.8. The van der Waals surface area contributed by atoms with E-state index in [0.29, 0.717) is 6.42 Å². The first-order valence-corrected chi connectivity index (χ1v) is 25.7. The van der Waals surface area contributed by atoms with Crippen LogP contribution in [0.15, 0.2) is 12.2 Å². The average Bonchev–Trinajstić information content (AvgIpc) is 3.20. The van der Waals surface area contributed by atoms with Crippen LogP contribution in [0.1, 0.15) is 245 Å². The summed E-state index contributed by atoms with van der Waals surface area (Å²) in [5.74, 6) is -0.852. The molecule has 0 aliphatic heterocycles. The van der Waals surface area contributed by atoms with Gasteiger partial charge in [-0.1, -0.05) is 212 Å². The van der Waals surface area contributed by atoms with Crippen molar-refractivity contribution in [3.8, 4) is 0 Å². The Hall–Kier alpha value is -1.25. The van der Waals surface area contributed by atoms with Gasteiger partial charge in [0.2, 0.25) is 0 Å². The van der Waals surface area contributed by atoms with Crippen molar-refractivity contribution in [1.29, 1.82) is 0 Å². The minimum absolute atomic E-state index is 0.0527. The zero-order chi connectivity index (χ0) is 41.8. The fourth-order valence-corrected chi connectivity index (χ4v) is 7.82. The topological polar surface area (TPSA) is 134 Å². The standard InChI is InChI=1S/C47H92NO8P/c1-3-5-7-9-11-13-15-17-18-19-20-21-22-23-24-25-26-28-30-32-34-36-38-40-47(50)56-45(44-55-57(51,52)54-42-41-48)43-53-46(49)39-37-35-33-31-29-27-16-14-12-10-8-6-4-2/h32,34,45H,3-31,33,35-44,48H2,1-2H3,(H,51,52)/b34-32+/t45-/m1/s1. The lowest BCUT2D eigenvalue weighted by atomic mass is 10.0. The van der Waals surface area contributed by atoms with Gasteiger partial charge in [0.15, 0.2) is 6.10 Å². The van der Waals surface area contributed by atoms with E-state index in [4.69, 9.17) is 24.3 Å². The van der Waals surface area contributed by atoms with Gasteiger partial charge < -0.3 is 20.1 Å². The van der Waals surface area contributed by atoms with Crippen molar-refractivity contribution in [3.05, 3.63) is 12.2 Å². The van der Waals surface area contributed by atoms with Crippen LogP contribution in [0.2, 0.25) is 0 Å². The monoisotopic (exact) mass is 830 g/mol. The first-order chi connectivity index (χ1) is 27.8. The van der Waals surface area contributed by atoms with E-state index in [9.17, 15) is 19.0 Å². The molecule has 1 unspecified atom stereocenters. The number of hydrogen-bond acceptors (Lipinski definition) is 8. The largest absolute Gasteiger partial charge is 0.472 e. The summed E-state index contributed by atoms with van der Waals surface area (Å²) in [5.41, 5.74) is 5.35. The van der Waals surface area contributed by atoms with Gasteiger partial charge in [-0.15, -0.1) is 0 Å². The molecule has 0 aliphatic rings. The summed E-state index contributed by atoms with van der Waals surface area (Å²) in [6.45, 7) is 3.74. The maximum absolute atomic E-state index is 12.6. The van der Waals surface area contributed by atoms with Crippen LogP contribution in [0.5, 0.6) is 0 Å². The van der Waals surface area contributed by atoms with E-state index in [-0.39, 0.29) is 38.6 Å². The van der Waals surface area contributed by atoms with E-state index >= 15 is 0 Å². The van der Waals surface area contributed by atoms with E-state index in [1.807, 2.05) is 0 Å². The number of allylic oxidation sites excluding steroid dienone is 2. The van der Waals surface area contributed by atoms with Gasteiger partial charge in [-0.2, -0.15) is 0 Å². The van der Waals surface area contributed by atoms with Crippen LogP contribution in [0.25, 0.3) is 0 Å². The van der Waals surface area contributed by atoms with E-state index < -0.39 is 26.5 Å². The van der Waals surface area contributed by atoms with E-state index in [1.54, 1.807) is 0 Å². The first kappa shape index (κ1) is 55.8. The molecule has 0 fully saturated rings. The fraction of sp³-hybridized carbons (Fsp3) is 0.915. The van der Waals surface area contributed by atoms with E-state index in [1.165, 1.54) is 180 Å². The fourth-order valence-electron chi connectivity index (χ4n) is 7.05. The van der Waals surface area contributed by atoms with Gasteiger partial charge >= 0.3 is 19.8 Å². The molecule has 3 N–H and O–H groups in total. The zero-order valence-corrected chi connectivity index (χ0v) is 38.2. The van der Waals surface area contributed by atoms with Gasteiger partial charge in [-0.3, -0.25) is 18.6 Å². The molecule has 0 amide bonds. The van der Waals surface area contributed by atoms with Crippen molar-refractivity contribution in [2.75, 3.05) is 26.4 Å². The van der Waals surface area contributed by atoms with Crippen LogP contribution < -0.4 is 5.73 Å². The van der Waals surface area contributed by atoms with Crippen LogP contribution in [0.3, 0.4) is 0 Å². The first-order valence-electron chi connectivity index (χ1n) is 24.2. The predicted octanol–water partition coefficient (Wildman–Crippen LogP) is 14.2. The second-order valence-corrected chi connectivity index (χ2v) is 17.8. The van der Waals surface area contributed by atoms with E-state index in [2.05, 4.69) is 26.0 Å². The third-order valence-corrected chi connectivity index (χ3v) is 11.6. The number of rotatable bonds is 46. The highest BCUT2D eigenvalue weighted by Crippen LogP contribution is 2.43. The molecular weight excluding hydrogens is 737 g/mol. The highest BCUT2D eigenvalue weighted by atomic mass is 31.2. The Morgan fingerprint density at radius 3 is 1.30 bits per heavy atom. The van der Waals surface area contributed by atoms with Gasteiger partial charge in [-0.05, 0) is 32.1 Å². The average molecular weight is 830 g/mol. The Morgan fingerprint density at radius 2 is 0.877 bits per heavy atom. The van der Waals surface area contributed by atoms with Gasteiger partial charge in [0.05, 0.1) is 13.2 Å². The predicted molar refractivity (Wildman–Crippen MR) is 238 cm³/mol. The molecule has 57 heavy (non-hydrogen) atoms. The molecule has 338 valence electrons. The van der Waals surface area contributed by atoms with Crippen LogP contribution in [0, 0.1) is 0 Å². The maximum Gasteiger partial charge on any atom is 0.472 e. The Morgan fingerprint density at radius 1 is 0.509 bits per heavy atom. The summed E-state index contributed by atoms with van der Waals surface area (Å²) >= 11 is 0. The zero-order valence-electron chi connectivity index (χ0n) is 37.3. The quantitative estimate of drug-likeness (QED) is 0.0266. The second-order valence-electron chi connectivity index (χ2n) is 16.3. The van der Waals surface area contributed by atoms with Gasteiger partial charge in [0, 0.05) is 19.4 Å². The third-order valence-electron chi connectivity index (χ3n) is 10.7. The van der Waals surface area contributed by atoms with Crippen molar-refractivity contribution in [2.24, 2.45) is 5.73 Å². The summed E-state index contributed by atoms with van der Waals surface area (Å²) in [4.78, 5) is 34.9. The molecule has 0 aliphatic carbocycles. The highest BCUT2D eigenvalue weighted by Gasteiger charge is 2.26. The molecule has 0 saturated carbocycles. The molecule has 0 spiro atoms. The molecule has 9 nitrogen and oxygen atoms in total. The lowest BCUT2D eigenvalue weighted by molar-refractivity contribution is -0.161. The normalized spacial score (nSPS) is 13.3. The Labute approximate surface area is 351 Å². The third kappa shape index (κ3) is 44.1. The maximum atomic E-state index is 12.6. The van der Waals surface area contributed by atoms with Crippen LogP contribution in [0.4, 0.5) is 0 Å². The van der Waals surface area contributed by atoms with Crippen LogP contribution >= 0.6 is 7.82 Å². The molecular formula is C47H92NO8P. The molecule has 0 saturated heterocycles. The number of nitrogens with two attached hydrogens (primary N) is 1. The van der Waals surface area contributed by atoms with Gasteiger partial charge in [0.1, 0.15) is 6.61 Å². The molecule has 0 aromatic carbocycles. The number of esters is 2. The Balaban J connectivity index is 4.04. The molecule has 0 aromatic rings. The van der Waals surface area contributed by atoms with Crippen molar-refractivity contribution < 1.29 is 37.6 Å². The minimum atomic E-state index is -4.38. The summed E-state index contributed by atoms with van der Waals surface area (Å²) in [7, 11) is -4.38. The number of ether oxygens (including phenoxy) is 2. The summed E-state index contributed by atoms with van der Waals surface area (Å²) in [6, 6.07) is 0. The van der Waals surface area contributed by atoms with Gasteiger partial charge in [0.25, 0.3) is 0 Å². The SMILES string of the molecule is CCCCCCCCCCCCCCCCCCCC/C=C/CCCC(=O)O[C@H](COC(=O)CCCCCCCCCCCCCCC)COP(=O)(O)OCCN. The number of carbonyl (C=O) groups excluding carboxylic acids is 2. The second kappa shape index (κ2) is 44.3. The van der Waals surface area contributed by atoms with Crippen LogP contribution in [-0.2, 0) is 32.7 Å². The number of hydrogen-bond donors (Lipinski definition) is 2. The number of carbonyl (C=O) groups is 2. The Kier molecular flexibility index (Phi) is 43.3. The summed E-state index contributed by atoms with van der Waals surface area (Å²) in [5, 5.41) is 0. The molecule has 0 bridgehead atoms. The van der Waals surface area contributed by atoms with Gasteiger partial charge in [-0.25, -0.2) is 4.57 Å². The minimum Gasteiger partial charge on any atom is -0.462 e.